The van der Waals surface area contributed by atoms with E-state index in [0.717, 1.165) is 0 Å². The minimum absolute atomic E-state index is 0.0615. The maximum atomic E-state index is 2.39. The number of hydrogen-bond donors (Lipinski definition) is 0. The zero-order valence-corrected chi connectivity index (χ0v) is 11.7. The molecule has 3 aliphatic rings. The van der Waals surface area contributed by atoms with Gasteiger partial charge in [-0.05, 0) is 43.0 Å². The van der Waals surface area contributed by atoms with E-state index in [9.17, 15) is 0 Å². The van der Waals surface area contributed by atoms with E-state index in [1.807, 2.05) is 0 Å². The van der Waals surface area contributed by atoms with Crippen molar-refractivity contribution < 1.29 is 0 Å². The second-order valence-electron chi connectivity index (χ2n) is 6.04. The lowest BCUT2D eigenvalue weighted by Gasteiger charge is -2.49. The molecule has 0 saturated carbocycles. The molecule has 2 bridgehead atoms. The Labute approximate surface area is 114 Å². The maximum Gasteiger partial charge on any atom is 0.0389 e. The first-order valence-electron chi connectivity index (χ1n) is 7.02. The fourth-order valence-electron chi connectivity index (χ4n) is 4.20. The van der Waals surface area contributed by atoms with Crippen LogP contribution in [0.3, 0.4) is 0 Å². The van der Waals surface area contributed by atoms with E-state index in [-0.39, 0.29) is 5.41 Å². The highest BCUT2D eigenvalue weighted by Gasteiger charge is 2.47. The van der Waals surface area contributed by atoms with E-state index in [1.165, 1.54) is 27.8 Å². The lowest BCUT2D eigenvalue weighted by atomic mass is 9.54. The lowest BCUT2D eigenvalue weighted by Crippen LogP contribution is -2.39. The van der Waals surface area contributed by atoms with E-state index in [0.29, 0.717) is 5.92 Å². The van der Waals surface area contributed by atoms with Gasteiger partial charge in [-0.3, -0.25) is 0 Å². The SMILES string of the molecule is CC1=C(C)C2(C)c3ccccc3C1c1ccccc12. The first-order chi connectivity index (χ1) is 9.15. The van der Waals surface area contributed by atoms with Gasteiger partial charge in [-0.15, -0.1) is 0 Å². The van der Waals surface area contributed by atoms with Crippen LogP contribution in [-0.2, 0) is 5.41 Å². The number of allylic oxidation sites excluding steroid dienone is 2. The quantitative estimate of drug-likeness (QED) is 0.586. The normalized spacial score (nSPS) is 27.2. The zero-order chi connectivity index (χ0) is 13.2. The monoisotopic (exact) mass is 246 g/mol. The minimum Gasteiger partial charge on any atom is -0.0619 e. The molecule has 0 aromatic heterocycles. The fourth-order valence-corrected chi connectivity index (χ4v) is 4.20. The lowest BCUT2D eigenvalue weighted by molar-refractivity contribution is 0.575. The molecule has 0 unspecified atom stereocenters. The van der Waals surface area contributed by atoms with Crippen LogP contribution in [0.1, 0.15) is 48.9 Å². The molecule has 0 spiro atoms. The van der Waals surface area contributed by atoms with Crippen LogP contribution < -0.4 is 0 Å². The van der Waals surface area contributed by atoms with E-state index >= 15 is 0 Å². The van der Waals surface area contributed by atoms with Gasteiger partial charge in [0.25, 0.3) is 0 Å². The van der Waals surface area contributed by atoms with Crippen molar-refractivity contribution in [1.82, 2.24) is 0 Å². The first kappa shape index (κ1) is 11.0. The van der Waals surface area contributed by atoms with Crippen LogP contribution in [0.15, 0.2) is 59.7 Å². The number of rotatable bonds is 0. The molecule has 0 heteroatoms. The van der Waals surface area contributed by atoms with Crippen molar-refractivity contribution >= 4 is 0 Å². The van der Waals surface area contributed by atoms with Gasteiger partial charge in [-0.1, -0.05) is 59.7 Å². The van der Waals surface area contributed by atoms with Gasteiger partial charge in [-0.2, -0.15) is 0 Å². The Morgan fingerprint density at radius 1 is 0.789 bits per heavy atom. The summed E-state index contributed by atoms with van der Waals surface area (Å²) in [6.07, 6.45) is 0. The molecule has 0 nitrogen and oxygen atoms in total. The van der Waals surface area contributed by atoms with Crippen molar-refractivity contribution in [1.29, 1.82) is 0 Å². The molecule has 0 atom stereocenters. The van der Waals surface area contributed by atoms with Gasteiger partial charge in [0.2, 0.25) is 0 Å². The highest BCUT2D eigenvalue weighted by Crippen LogP contribution is 2.58. The average molecular weight is 246 g/mol. The van der Waals surface area contributed by atoms with E-state index in [2.05, 4.69) is 69.3 Å². The average Bonchev–Trinajstić information content (AvgIpc) is 2.45. The Kier molecular flexibility index (Phi) is 1.97. The number of benzene rings is 2. The maximum absolute atomic E-state index is 2.39. The minimum atomic E-state index is 0.0615. The molecular weight excluding hydrogens is 228 g/mol. The van der Waals surface area contributed by atoms with Gasteiger partial charge in [0.05, 0.1) is 0 Å². The highest BCUT2D eigenvalue weighted by molar-refractivity contribution is 5.68. The Morgan fingerprint density at radius 3 is 1.79 bits per heavy atom. The predicted octanol–water partition coefficient (Wildman–Crippen LogP) is 4.79. The molecule has 19 heavy (non-hydrogen) atoms. The second kappa shape index (κ2) is 3.39. The Bertz CT molecular complexity index is 671. The van der Waals surface area contributed by atoms with Crippen LogP contribution in [-0.4, -0.2) is 0 Å². The summed E-state index contributed by atoms with van der Waals surface area (Å²) >= 11 is 0. The van der Waals surface area contributed by atoms with Crippen molar-refractivity contribution in [2.45, 2.75) is 32.1 Å². The smallest absolute Gasteiger partial charge is 0.0389 e. The summed E-state index contributed by atoms with van der Waals surface area (Å²) in [4.78, 5) is 0. The summed E-state index contributed by atoms with van der Waals surface area (Å²) in [6.45, 7) is 7.01. The van der Waals surface area contributed by atoms with E-state index in [1.54, 1.807) is 5.57 Å². The summed E-state index contributed by atoms with van der Waals surface area (Å²) in [6, 6.07) is 17.9. The van der Waals surface area contributed by atoms with Crippen LogP contribution in [0.4, 0.5) is 0 Å². The topological polar surface area (TPSA) is 0 Å². The molecule has 0 heterocycles. The predicted molar refractivity (Wildman–Crippen MR) is 79.6 cm³/mol. The van der Waals surface area contributed by atoms with Gasteiger partial charge in [0.15, 0.2) is 0 Å². The summed E-state index contributed by atoms with van der Waals surface area (Å²) in [5.41, 5.74) is 9.16. The molecule has 0 aliphatic heterocycles. The van der Waals surface area contributed by atoms with Crippen molar-refractivity contribution in [2.75, 3.05) is 0 Å². The molecule has 0 saturated heterocycles. The van der Waals surface area contributed by atoms with Crippen molar-refractivity contribution in [3.8, 4) is 0 Å². The van der Waals surface area contributed by atoms with Crippen LogP contribution in [0, 0.1) is 0 Å². The summed E-state index contributed by atoms with van der Waals surface area (Å²) in [5, 5.41) is 0. The molecule has 0 N–H and O–H groups in total. The Morgan fingerprint density at radius 2 is 1.26 bits per heavy atom. The van der Waals surface area contributed by atoms with Crippen LogP contribution in [0.25, 0.3) is 0 Å². The zero-order valence-electron chi connectivity index (χ0n) is 11.7. The standard InChI is InChI=1S/C19H18/c1-12-13(2)19(3)16-10-6-4-8-14(16)18(12)15-9-5-7-11-17(15)19/h4-11,18H,1-3H3. The third-order valence-corrected chi connectivity index (χ3v) is 5.40. The molecule has 0 fully saturated rings. The van der Waals surface area contributed by atoms with E-state index < -0.39 is 0 Å². The van der Waals surface area contributed by atoms with Crippen molar-refractivity contribution in [2.24, 2.45) is 0 Å². The van der Waals surface area contributed by atoms with Gasteiger partial charge in [-0.25, -0.2) is 0 Å². The largest absolute Gasteiger partial charge is 0.0619 e. The molecular formula is C19H18. The first-order valence-corrected chi connectivity index (χ1v) is 7.02. The van der Waals surface area contributed by atoms with Crippen molar-refractivity contribution in [3.63, 3.8) is 0 Å². The van der Waals surface area contributed by atoms with Gasteiger partial charge in [0, 0.05) is 11.3 Å². The molecule has 0 radical (unpaired) electrons. The Balaban J connectivity index is 2.18. The molecule has 0 amide bonds. The van der Waals surface area contributed by atoms with Crippen LogP contribution in [0.2, 0.25) is 0 Å². The number of hydrogen-bond acceptors (Lipinski definition) is 0. The third kappa shape index (κ3) is 1.11. The fraction of sp³-hybridized carbons (Fsp3) is 0.263. The van der Waals surface area contributed by atoms with Crippen LogP contribution >= 0.6 is 0 Å². The van der Waals surface area contributed by atoms with E-state index in [4.69, 9.17) is 0 Å². The molecule has 2 aromatic carbocycles. The second-order valence-corrected chi connectivity index (χ2v) is 6.04. The Hall–Kier alpha value is -1.82. The van der Waals surface area contributed by atoms with Gasteiger partial charge >= 0.3 is 0 Å². The molecule has 5 rings (SSSR count). The van der Waals surface area contributed by atoms with Crippen molar-refractivity contribution in [3.05, 3.63) is 81.9 Å². The molecule has 3 aliphatic carbocycles. The van der Waals surface area contributed by atoms with Gasteiger partial charge < -0.3 is 0 Å². The summed E-state index contributed by atoms with van der Waals surface area (Å²) in [7, 11) is 0. The third-order valence-electron chi connectivity index (χ3n) is 5.40. The molecule has 94 valence electrons. The van der Waals surface area contributed by atoms with Gasteiger partial charge in [0.1, 0.15) is 0 Å². The summed E-state index contributed by atoms with van der Waals surface area (Å²) in [5.74, 6) is 0.467. The summed E-state index contributed by atoms with van der Waals surface area (Å²) < 4.78 is 0. The van der Waals surface area contributed by atoms with Crippen LogP contribution in [0.5, 0.6) is 0 Å². The molecule has 2 aromatic rings. The highest BCUT2D eigenvalue weighted by atomic mass is 14.5.